The molecule has 0 aliphatic carbocycles. The number of rotatable bonds is 2. The van der Waals surface area contributed by atoms with E-state index in [4.69, 9.17) is 5.11 Å². The van der Waals surface area contributed by atoms with Crippen molar-refractivity contribution in [1.82, 2.24) is 0 Å². The van der Waals surface area contributed by atoms with Gasteiger partial charge in [0.05, 0.1) is 0 Å². The summed E-state index contributed by atoms with van der Waals surface area (Å²) in [6, 6.07) is 0. The van der Waals surface area contributed by atoms with Crippen LogP contribution < -0.4 is 0 Å². The van der Waals surface area contributed by atoms with Crippen molar-refractivity contribution in [3.63, 3.8) is 0 Å². The second kappa shape index (κ2) is 9.08. The average Bonchev–Trinajstić information content (AvgIpc) is 1.41. The molecule has 0 bridgehead atoms. The third-order valence-electron chi connectivity index (χ3n) is 0.512. The molecular formula is C4H10FeO. The molecule has 0 aliphatic heterocycles. The molecule has 0 aliphatic rings. The molecule has 0 spiro atoms. The van der Waals surface area contributed by atoms with E-state index in [-0.39, 0.29) is 17.1 Å². The van der Waals surface area contributed by atoms with Crippen LogP contribution in [0.1, 0.15) is 19.8 Å². The first kappa shape index (κ1) is 9.70. The fourth-order valence-electron chi connectivity index (χ4n) is 0.158. The summed E-state index contributed by atoms with van der Waals surface area (Å²) in [5.74, 6) is 0. The van der Waals surface area contributed by atoms with Crippen LogP contribution >= 0.6 is 0 Å². The Balaban J connectivity index is 0. The average molecular weight is 130 g/mol. The minimum absolute atomic E-state index is 0. The van der Waals surface area contributed by atoms with Crippen molar-refractivity contribution in [2.45, 2.75) is 19.8 Å². The number of hydrogen-bond acceptors (Lipinski definition) is 1. The molecule has 0 heterocycles. The monoisotopic (exact) mass is 130 g/mol. The number of aliphatic hydroxyl groups is 1. The molecule has 40 valence electrons. The topological polar surface area (TPSA) is 20.2 Å². The standard InChI is InChI=1S/C4H10O.Fe/c1-2-3-4-5;/h5H,2-4H2,1H3;. The van der Waals surface area contributed by atoms with E-state index >= 15 is 0 Å². The minimum Gasteiger partial charge on any atom is -0.396 e. The predicted octanol–water partition coefficient (Wildman–Crippen LogP) is 0.776. The van der Waals surface area contributed by atoms with Crippen molar-refractivity contribution in [1.29, 1.82) is 0 Å². The third-order valence-corrected chi connectivity index (χ3v) is 0.512. The molecule has 0 atom stereocenters. The first-order valence-electron chi connectivity index (χ1n) is 2.02. The Labute approximate surface area is 49.2 Å². The predicted molar refractivity (Wildman–Crippen MR) is 22.0 cm³/mol. The van der Waals surface area contributed by atoms with E-state index in [9.17, 15) is 0 Å². The van der Waals surface area contributed by atoms with Gasteiger partial charge in [-0.15, -0.1) is 0 Å². The largest absolute Gasteiger partial charge is 0.396 e. The van der Waals surface area contributed by atoms with Crippen LogP contribution in [0.4, 0.5) is 0 Å². The van der Waals surface area contributed by atoms with Crippen molar-refractivity contribution in [2.24, 2.45) is 0 Å². The van der Waals surface area contributed by atoms with Gasteiger partial charge in [-0.2, -0.15) is 0 Å². The fraction of sp³-hybridized carbons (Fsp3) is 1.00. The van der Waals surface area contributed by atoms with Crippen molar-refractivity contribution in [3.05, 3.63) is 0 Å². The second-order valence-corrected chi connectivity index (χ2v) is 1.08. The van der Waals surface area contributed by atoms with Crippen LogP contribution in [-0.4, -0.2) is 11.7 Å². The van der Waals surface area contributed by atoms with Gasteiger partial charge in [0, 0.05) is 23.7 Å². The molecular weight excluding hydrogens is 120 g/mol. The van der Waals surface area contributed by atoms with Gasteiger partial charge in [-0.3, -0.25) is 0 Å². The molecule has 0 amide bonds. The van der Waals surface area contributed by atoms with Gasteiger partial charge < -0.3 is 5.11 Å². The Morgan fingerprint density at radius 2 is 2.00 bits per heavy atom. The van der Waals surface area contributed by atoms with Crippen LogP contribution in [0.2, 0.25) is 0 Å². The molecule has 0 aromatic heterocycles. The first-order chi connectivity index (χ1) is 2.41. The number of unbranched alkanes of at least 4 members (excludes halogenated alkanes) is 1. The molecule has 1 N–H and O–H groups in total. The van der Waals surface area contributed by atoms with Crippen LogP contribution in [-0.2, 0) is 17.1 Å². The molecule has 0 fully saturated rings. The van der Waals surface area contributed by atoms with Gasteiger partial charge in [0.15, 0.2) is 0 Å². The van der Waals surface area contributed by atoms with Crippen molar-refractivity contribution < 1.29 is 22.2 Å². The third kappa shape index (κ3) is 8.82. The molecule has 0 unspecified atom stereocenters. The van der Waals surface area contributed by atoms with Gasteiger partial charge in [-0.1, -0.05) is 13.3 Å². The first-order valence-corrected chi connectivity index (χ1v) is 2.02. The van der Waals surface area contributed by atoms with Gasteiger partial charge in [-0.25, -0.2) is 0 Å². The molecule has 0 saturated carbocycles. The number of hydrogen-bond donors (Lipinski definition) is 1. The maximum atomic E-state index is 8.07. The smallest absolute Gasteiger partial charge is 0.0430 e. The Hall–Kier alpha value is 0.479. The summed E-state index contributed by atoms with van der Waals surface area (Å²) < 4.78 is 0. The van der Waals surface area contributed by atoms with E-state index in [0.29, 0.717) is 6.61 Å². The van der Waals surface area contributed by atoms with Gasteiger partial charge in [0.2, 0.25) is 0 Å². The SMILES string of the molecule is CCCCO.[Fe]. The van der Waals surface area contributed by atoms with Crippen LogP contribution in [0.15, 0.2) is 0 Å². The van der Waals surface area contributed by atoms with Gasteiger partial charge in [-0.05, 0) is 6.42 Å². The summed E-state index contributed by atoms with van der Waals surface area (Å²) in [6.07, 6.45) is 2.04. The minimum atomic E-state index is 0. The molecule has 6 heavy (non-hydrogen) atoms. The Morgan fingerprint density at radius 3 is 2.00 bits per heavy atom. The maximum absolute atomic E-state index is 8.07. The van der Waals surface area contributed by atoms with E-state index in [1.807, 2.05) is 0 Å². The van der Waals surface area contributed by atoms with E-state index in [1.54, 1.807) is 0 Å². The summed E-state index contributed by atoms with van der Waals surface area (Å²) in [5, 5.41) is 8.07. The molecule has 0 aromatic carbocycles. The van der Waals surface area contributed by atoms with Crippen LogP contribution in [0.25, 0.3) is 0 Å². The molecule has 0 rings (SSSR count). The zero-order valence-electron chi connectivity index (χ0n) is 3.92. The molecule has 0 saturated heterocycles. The van der Waals surface area contributed by atoms with E-state index in [0.717, 1.165) is 12.8 Å². The van der Waals surface area contributed by atoms with Crippen molar-refractivity contribution in [2.75, 3.05) is 6.61 Å². The summed E-state index contributed by atoms with van der Waals surface area (Å²) in [5.41, 5.74) is 0. The molecule has 2 heteroatoms. The fourth-order valence-corrected chi connectivity index (χ4v) is 0.158. The zero-order chi connectivity index (χ0) is 4.12. The van der Waals surface area contributed by atoms with Gasteiger partial charge in [0.1, 0.15) is 0 Å². The van der Waals surface area contributed by atoms with Crippen LogP contribution in [0.3, 0.4) is 0 Å². The Bertz CT molecular complexity index is 15.0. The summed E-state index contributed by atoms with van der Waals surface area (Å²) >= 11 is 0. The van der Waals surface area contributed by atoms with Crippen molar-refractivity contribution in [3.8, 4) is 0 Å². The number of aliphatic hydroxyl groups excluding tert-OH is 1. The van der Waals surface area contributed by atoms with E-state index < -0.39 is 0 Å². The molecule has 0 radical (unpaired) electrons. The Morgan fingerprint density at radius 1 is 1.50 bits per heavy atom. The van der Waals surface area contributed by atoms with Crippen LogP contribution in [0.5, 0.6) is 0 Å². The van der Waals surface area contributed by atoms with Gasteiger partial charge in [0.25, 0.3) is 0 Å². The summed E-state index contributed by atoms with van der Waals surface area (Å²) in [4.78, 5) is 0. The van der Waals surface area contributed by atoms with Crippen LogP contribution in [0, 0.1) is 0 Å². The Kier molecular flexibility index (Phi) is 14.7. The molecule has 1 nitrogen and oxygen atoms in total. The van der Waals surface area contributed by atoms with Crippen molar-refractivity contribution >= 4 is 0 Å². The zero-order valence-corrected chi connectivity index (χ0v) is 5.03. The maximum Gasteiger partial charge on any atom is 0.0430 e. The summed E-state index contributed by atoms with van der Waals surface area (Å²) in [6.45, 7) is 2.40. The van der Waals surface area contributed by atoms with Gasteiger partial charge >= 0.3 is 0 Å². The van der Waals surface area contributed by atoms with E-state index in [2.05, 4.69) is 6.92 Å². The second-order valence-electron chi connectivity index (χ2n) is 1.08. The molecule has 0 aromatic rings. The van der Waals surface area contributed by atoms with E-state index in [1.165, 1.54) is 0 Å². The normalized spacial score (nSPS) is 7.00. The summed E-state index contributed by atoms with van der Waals surface area (Å²) in [7, 11) is 0. The quantitative estimate of drug-likeness (QED) is 0.547.